The van der Waals surface area contributed by atoms with Crippen molar-refractivity contribution in [2.24, 2.45) is 5.92 Å². The largest absolute Gasteiger partial charge is 0.387 e. The molecule has 0 spiro atoms. The number of aliphatic hydroxyl groups is 1. The van der Waals surface area contributed by atoms with E-state index in [1.165, 1.54) is 0 Å². The van der Waals surface area contributed by atoms with Gasteiger partial charge >= 0.3 is 0 Å². The van der Waals surface area contributed by atoms with E-state index in [9.17, 15) is 14.7 Å². The molecule has 1 saturated carbocycles. The number of fused-ring (bicyclic) bond motifs is 1. The van der Waals surface area contributed by atoms with E-state index in [4.69, 9.17) is 0 Å². The molecule has 1 fully saturated rings. The monoisotopic (exact) mass is 340 g/mol. The highest BCUT2D eigenvalue weighted by molar-refractivity contribution is 5.83. The number of benzene rings is 2. The first-order valence-corrected chi connectivity index (χ1v) is 8.84. The fourth-order valence-corrected chi connectivity index (χ4v) is 2.78. The normalized spacial score (nSPS) is 14.9. The molecule has 3 rings (SSSR count). The highest BCUT2D eigenvalue weighted by atomic mass is 16.3. The molecule has 2 aromatic carbocycles. The number of carbonyl (C=O) groups is 2. The lowest BCUT2D eigenvalue weighted by Crippen LogP contribution is -2.30. The Hall–Kier alpha value is -2.40. The van der Waals surface area contributed by atoms with Crippen molar-refractivity contribution in [3.63, 3.8) is 0 Å². The zero-order valence-corrected chi connectivity index (χ0v) is 14.2. The Labute approximate surface area is 147 Å². The van der Waals surface area contributed by atoms with Gasteiger partial charge in [-0.25, -0.2) is 0 Å². The summed E-state index contributed by atoms with van der Waals surface area (Å²) >= 11 is 0. The average molecular weight is 340 g/mol. The molecule has 132 valence electrons. The molecular formula is C20H24N2O3. The number of hydrogen-bond donors (Lipinski definition) is 3. The molecule has 1 unspecified atom stereocenters. The smallest absolute Gasteiger partial charge is 0.223 e. The zero-order valence-electron chi connectivity index (χ0n) is 14.2. The quantitative estimate of drug-likeness (QED) is 0.645. The summed E-state index contributed by atoms with van der Waals surface area (Å²) in [5.41, 5.74) is 0.788. The van der Waals surface area contributed by atoms with Gasteiger partial charge in [-0.3, -0.25) is 9.59 Å². The Morgan fingerprint density at radius 2 is 1.84 bits per heavy atom. The predicted octanol–water partition coefficient (Wildman–Crippen LogP) is 2.30. The summed E-state index contributed by atoms with van der Waals surface area (Å²) < 4.78 is 0. The molecule has 3 N–H and O–H groups in total. The molecule has 1 atom stereocenters. The van der Waals surface area contributed by atoms with Gasteiger partial charge in [-0.05, 0) is 41.7 Å². The molecule has 0 bridgehead atoms. The maximum atomic E-state index is 11.8. The van der Waals surface area contributed by atoms with Crippen molar-refractivity contribution in [1.82, 2.24) is 10.6 Å². The summed E-state index contributed by atoms with van der Waals surface area (Å²) in [5.74, 6) is 0.193. The average Bonchev–Trinajstić information content (AvgIpc) is 3.48. The van der Waals surface area contributed by atoms with E-state index in [0.717, 1.165) is 29.2 Å². The maximum absolute atomic E-state index is 11.8. The molecule has 0 heterocycles. The van der Waals surface area contributed by atoms with E-state index >= 15 is 0 Å². The summed E-state index contributed by atoms with van der Waals surface area (Å²) in [4.78, 5) is 23.3. The van der Waals surface area contributed by atoms with Crippen LogP contribution in [-0.4, -0.2) is 30.0 Å². The molecule has 0 saturated heterocycles. The highest BCUT2D eigenvalue weighted by Gasteiger charge is 2.28. The molecule has 5 nitrogen and oxygen atoms in total. The Bertz CT molecular complexity index is 755. The van der Waals surface area contributed by atoms with Gasteiger partial charge in [0.05, 0.1) is 6.10 Å². The zero-order chi connectivity index (χ0) is 17.6. The summed E-state index contributed by atoms with van der Waals surface area (Å²) in [6, 6.07) is 13.8. The molecule has 2 aromatic rings. The Balaban J connectivity index is 1.39. The van der Waals surface area contributed by atoms with Crippen molar-refractivity contribution in [2.75, 3.05) is 13.1 Å². The van der Waals surface area contributed by atoms with Crippen LogP contribution in [0.5, 0.6) is 0 Å². The fraction of sp³-hybridized carbons (Fsp3) is 0.400. The van der Waals surface area contributed by atoms with Crippen LogP contribution >= 0.6 is 0 Å². The van der Waals surface area contributed by atoms with Gasteiger partial charge in [-0.1, -0.05) is 36.4 Å². The lowest BCUT2D eigenvalue weighted by atomic mass is 10.0. The third-order valence-electron chi connectivity index (χ3n) is 4.48. The third-order valence-corrected chi connectivity index (χ3v) is 4.48. The molecule has 0 radical (unpaired) electrons. The van der Waals surface area contributed by atoms with Crippen molar-refractivity contribution in [2.45, 2.75) is 31.8 Å². The minimum atomic E-state index is -0.733. The van der Waals surface area contributed by atoms with Crippen LogP contribution in [-0.2, 0) is 9.59 Å². The maximum Gasteiger partial charge on any atom is 0.223 e. The van der Waals surface area contributed by atoms with E-state index in [2.05, 4.69) is 10.6 Å². The molecule has 1 aliphatic rings. The van der Waals surface area contributed by atoms with Gasteiger partial charge in [0, 0.05) is 25.4 Å². The summed E-state index contributed by atoms with van der Waals surface area (Å²) in [6.45, 7) is 0.710. The summed E-state index contributed by atoms with van der Waals surface area (Å²) in [6.07, 6.45) is 2.19. The summed E-state index contributed by atoms with van der Waals surface area (Å²) in [5, 5.41) is 18.0. The van der Waals surface area contributed by atoms with Crippen LogP contribution in [0.2, 0.25) is 0 Å². The predicted molar refractivity (Wildman–Crippen MR) is 96.9 cm³/mol. The highest BCUT2D eigenvalue weighted by Crippen LogP contribution is 2.28. The van der Waals surface area contributed by atoms with Crippen LogP contribution in [0.4, 0.5) is 0 Å². The van der Waals surface area contributed by atoms with Crippen LogP contribution in [0.15, 0.2) is 42.5 Å². The molecular weight excluding hydrogens is 316 g/mol. The first-order valence-electron chi connectivity index (χ1n) is 8.84. The molecule has 25 heavy (non-hydrogen) atoms. The van der Waals surface area contributed by atoms with E-state index in [1.54, 1.807) is 0 Å². The minimum absolute atomic E-state index is 0.104. The number of aliphatic hydroxyl groups excluding tert-OH is 1. The molecule has 5 heteroatoms. The Morgan fingerprint density at radius 3 is 2.60 bits per heavy atom. The molecule has 1 aliphatic carbocycles. The SMILES string of the molecule is O=C(CCCNC(=O)C1CC1)NCC(O)c1ccc2ccccc2c1. The van der Waals surface area contributed by atoms with Crippen molar-refractivity contribution in [1.29, 1.82) is 0 Å². The van der Waals surface area contributed by atoms with Gasteiger partial charge in [0.2, 0.25) is 11.8 Å². The first-order chi connectivity index (χ1) is 12.1. The molecule has 0 aromatic heterocycles. The number of hydrogen-bond acceptors (Lipinski definition) is 3. The van der Waals surface area contributed by atoms with Gasteiger partial charge in [0.1, 0.15) is 0 Å². The second kappa shape index (κ2) is 8.12. The number of amides is 2. The molecule has 0 aliphatic heterocycles. The van der Waals surface area contributed by atoms with Crippen LogP contribution in [0.25, 0.3) is 10.8 Å². The number of nitrogens with one attached hydrogen (secondary N) is 2. The Kier molecular flexibility index (Phi) is 5.66. The minimum Gasteiger partial charge on any atom is -0.387 e. The summed E-state index contributed by atoms with van der Waals surface area (Å²) in [7, 11) is 0. The molecule has 2 amide bonds. The van der Waals surface area contributed by atoms with Gasteiger partial charge in [0.15, 0.2) is 0 Å². The van der Waals surface area contributed by atoms with Crippen molar-refractivity contribution in [3.8, 4) is 0 Å². The standard InChI is InChI=1S/C20H24N2O3/c23-18(17-10-7-14-4-1-2-5-16(14)12-17)13-22-19(24)6-3-11-21-20(25)15-8-9-15/h1-2,4-5,7,10,12,15,18,23H,3,6,8-9,11,13H2,(H,21,25)(H,22,24). The van der Waals surface area contributed by atoms with E-state index in [1.807, 2.05) is 42.5 Å². The second-order valence-corrected chi connectivity index (χ2v) is 6.60. The van der Waals surface area contributed by atoms with Crippen molar-refractivity contribution < 1.29 is 14.7 Å². The van der Waals surface area contributed by atoms with Gasteiger partial charge in [0.25, 0.3) is 0 Å². The second-order valence-electron chi connectivity index (χ2n) is 6.60. The van der Waals surface area contributed by atoms with Gasteiger partial charge in [-0.15, -0.1) is 0 Å². The van der Waals surface area contributed by atoms with Crippen LogP contribution in [0, 0.1) is 5.92 Å². The third kappa shape index (κ3) is 5.03. The van der Waals surface area contributed by atoms with Crippen LogP contribution in [0.3, 0.4) is 0 Å². The van der Waals surface area contributed by atoms with Gasteiger partial charge < -0.3 is 15.7 Å². The van der Waals surface area contributed by atoms with Crippen molar-refractivity contribution >= 4 is 22.6 Å². The van der Waals surface area contributed by atoms with E-state index < -0.39 is 6.10 Å². The topological polar surface area (TPSA) is 78.4 Å². The van der Waals surface area contributed by atoms with Crippen LogP contribution < -0.4 is 10.6 Å². The van der Waals surface area contributed by atoms with Gasteiger partial charge in [-0.2, -0.15) is 0 Å². The van der Waals surface area contributed by atoms with Crippen LogP contribution in [0.1, 0.15) is 37.4 Å². The Morgan fingerprint density at radius 1 is 1.08 bits per heavy atom. The number of carbonyl (C=O) groups excluding carboxylic acids is 2. The number of rotatable bonds is 8. The van der Waals surface area contributed by atoms with E-state index in [0.29, 0.717) is 19.4 Å². The van der Waals surface area contributed by atoms with Crippen molar-refractivity contribution in [3.05, 3.63) is 48.0 Å². The fourth-order valence-electron chi connectivity index (χ4n) is 2.78. The first kappa shape index (κ1) is 17.4. The van der Waals surface area contributed by atoms with E-state index in [-0.39, 0.29) is 24.3 Å². The lowest BCUT2D eigenvalue weighted by Gasteiger charge is -2.13. The lowest BCUT2D eigenvalue weighted by molar-refractivity contribution is -0.123.